The third-order valence-corrected chi connectivity index (χ3v) is 17.0. The number of hydrogen-bond donors (Lipinski definition) is 0. The van der Waals surface area contributed by atoms with Crippen LogP contribution in [0.2, 0.25) is 0 Å². The van der Waals surface area contributed by atoms with Gasteiger partial charge in [0.15, 0.2) is 13.2 Å². The molecule has 0 bridgehead atoms. The fraction of sp³-hybridized carbons (Fsp3) is 0.0200. The van der Waals surface area contributed by atoms with E-state index in [1.54, 1.807) is 0 Å². The summed E-state index contributed by atoms with van der Waals surface area (Å²) in [5.41, 5.74) is 11.2. The van der Waals surface area contributed by atoms with Crippen LogP contribution in [0.15, 0.2) is 204 Å². The van der Waals surface area contributed by atoms with Crippen molar-refractivity contribution >= 4 is 73.6 Å². The minimum absolute atomic E-state index is 0.910. The fourth-order valence-electron chi connectivity index (χ4n) is 8.76. The van der Waals surface area contributed by atoms with Crippen LogP contribution in [0, 0.1) is 0 Å². The van der Waals surface area contributed by atoms with Crippen LogP contribution in [0.3, 0.4) is 0 Å². The van der Waals surface area contributed by atoms with E-state index in [2.05, 4.69) is 193 Å². The standard InChI is InChI=1S/C50H34N2OSSi/c1-3-17-38(18-4-1)55(39-19-5-2-6-20-39,41-22-12-16-36(31-41)42-24-13-25-44-43-23-8-10-27-48(43)53-49(42)44)40-21-11-15-34(30-40)35-28-29-47-45(32-35)51-50-52(47)46-26-9-7-14-37(46)33-54-50/h1-32H,33H2. The van der Waals surface area contributed by atoms with Gasteiger partial charge >= 0.3 is 0 Å². The number of benzene rings is 8. The molecule has 0 fully saturated rings. The number of hydrogen-bond acceptors (Lipinski definition) is 3. The smallest absolute Gasteiger partial charge is 0.179 e. The third-order valence-electron chi connectivity index (χ3n) is 11.3. The van der Waals surface area contributed by atoms with Crippen molar-refractivity contribution in [2.45, 2.75) is 10.9 Å². The maximum Gasteiger partial charge on any atom is 0.179 e. The minimum atomic E-state index is -2.88. The van der Waals surface area contributed by atoms with Crippen LogP contribution in [-0.4, -0.2) is 17.6 Å². The Kier molecular flexibility index (Phi) is 7.51. The van der Waals surface area contributed by atoms with E-state index in [1.807, 2.05) is 17.8 Å². The van der Waals surface area contributed by atoms with Crippen LogP contribution in [0.5, 0.6) is 0 Å². The lowest BCUT2D eigenvalue weighted by molar-refractivity contribution is 0.670. The molecule has 260 valence electrons. The van der Waals surface area contributed by atoms with Gasteiger partial charge in [-0.15, -0.1) is 0 Å². The summed E-state index contributed by atoms with van der Waals surface area (Å²) in [6, 6.07) is 71.1. The van der Waals surface area contributed by atoms with Crippen molar-refractivity contribution in [3.8, 4) is 27.9 Å². The highest BCUT2D eigenvalue weighted by molar-refractivity contribution is 7.98. The molecule has 0 amide bonds. The average molecular weight is 739 g/mol. The molecule has 0 saturated carbocycles. The van der Waals surface area contributed by atoms with Gasteiger partial charge in [0.05, 0.1) is 16.7 Å². The first-order chi connectivity index (χ1) is 27.3. The van der Waals surface area contributed by atoms with Crippen molar-refractivity contribution in [2.24, 2.45) is 0 Å². The van der Waals surface area contributed by atoms with E-state index in [9.17, 15) is 0 Å². The molecule has 1 aliphatic heterocycles. The predicted octanol–water partition coefficient (Wildman–Crippen LogP) is 10.2. The second kappa shape index (κ2) is 12.9. The molecule has 2 aromatic heterocycles. The number of thioether (sulfide) groups is 1. The molecule has 10 aromatic rings. The topological polar surface area (TPSA) is 31.0 Å². The number of para-hydroxylation sites is 3. The van der Waals surface area contributed by atoms with E-state index in [4.69, 9.17) is 9.40 Å². The van der Waals surface area contributed by atoms with Gasteiger partial charge in [-0.05, 0) is 67.3 Å². The number of furan rings is 1. The van der Waals surface area contributed by atoms with Gasteiger partial charge in [0.25, 0.3) is 0 Å². The van der Waals surface area contributed by atoms with Crippen LogP contribution >= 0.6 is 11.8 Å². The molecule has 0 unspecified atom stereocenters. The average Bonchev–Trinajstić information content (AvgIpc) is 3.84. The first-order valence-electron chi connectivity index (χ1n) is 18.7. The summed E-state index contributed by atoms with van der Waals surface area (Å²) in [5.74, 6) is 0.939. The van der Waals surface area contributed by atoms with Gasteiger partial charge in [-0.2, -0.15) is 0 Å². The van der Waals surface area contributed by atoms with Gasteiger partial charge in [0, 0.05) is 22.1 Å². The Labute approximate surface area is 324 Å². The number of aromatic nitrogens is 2. The SMILES string of the molecule is c1ccc([Si](c2ccccc2)(c2cccc(-c3ccc4c(c3)nc3n4-c4ccccc4CS3)c2)c2cccc(-c3cccc4c3oc3ccccc34)c2)cc1. The molecule has 0 N–H and O–H groups in total. The number of imidazole rings is 1. The van der Waals surface area contributed by atoms with Gasteiger partial charge in [0.1, 0.15) is 11.2 Å². The Morgan fingerprint density at radius 2 is 1.13 bits per heavy atom. The number of nitrogens with zero attached hydrogens (tertiary/aromatic N) is 2. The second-order valence-corrected chi connectivity index (χ2v) is 19.0. The fourth-order valence-corrected chi connectivity index (χ4v) is 14.6. The van der Waals surface area contributed by atoms with Gasteiger partial charge < -0.3 is 4.42 Å². The zero-order chi connectivity index (χ0) is 36.3. The van der Waals surface area contributed by atoms with E-state index in [0.29, 0.717) is 0 Å². The van der Waals surface area contributed by atoms with Crippen molar-refractivity contribution in [1.82, 2.24) is 9.55 Å². The summed E-state index contributed by atoms with van der Waals surface area (Å²) < 4.78 is 8.88. The van der Waals surface area contributed by atoms with Crippen molar-refractivity contribution in [2.75, 3.05) is 0 Å². The second-order valence-electron chi connectivity index (χ2n) is 14.3. The highest BCUT2D eigenvalue weighted by Crippen LogP contribution is 2.38. The Bertz CT molecular complexity index is 3020. The van der Waals surface area contributed by atoms with Crippen molar-refractivity contribution in [3.63, 3.8) is 0 Å². The van der Waals surface area contributed by atoms with Crippen LogP contribution in [-0.2, 0) is 5.75 Å². The van der Waals surface area contributed by atoms with Crippen LogP contribution in [0.1, 0.15) is 5.56 Å². The highest BCUT2D eigenvalue weighted by Gasteiger charge is 2.41. The molecule has 0 atom stereocenters. The summed E-state index contributed by atoms with van der Waals surface area (Å²) in [6.45, 7) is 0. The Morgan fingerprint density at radius 1 is 0.509 bits per heavy atom. The number of fused-ring (bicyclic) bond motifs is 8. The zero-order valence-corrected chi connectivity index (χ0v) is 31.7. The summed E-state index contributed by atoms with van der Waals surface area (Å²) >= 11 is 1.81. The largest absolute Gasteiger partial charge is 0.455 e. The van der Waals surface area contributed by atoms with Gasteiger partial charge in [0.2, 0.25) is 0 Å². The van der Waals surface area contributed by atoms with Crippen LogP contribution < -0.4 is 20.7 Å². The summed E-state index contributed by atoms with van der Waals surface area (Å²) in [6.07, 6.45) is 0. The summed E-state index contributed by atoms with van der Waals surface area (Å²) in [7, 11) is -2.88. The minimum Gasteiger partial charge on any atom is -0.455 e. The molecule has 0 spiro atoms. The van der Waals surface area contributed by atoms with Gasteiger partial charge in [-0.25, -0.2) is 4.98 Å². The molecule has 5 heteroatoms. The third kappa shape index (κ3) is 5.08. The van der Waals surface area contributed by atoms with E-state index in [0.717, 1.165) is 60.6 Å². The Hall–Kier alpha value is -6.40. The maximum absolute atomic E-state index is 6.56. The Balaban J connectivity index is 1.11. The Morgan fingerprint density at radius 3 is 1.93 bits per heavy atom. The summed E-state index contributed by atoms with van der Waals surface area (Å²) in [4.78, 5) is 5.15. The maximum atomic E-state index is 6.56. The zero-order valence-electron chi connectivity index (χ0n) is 29.9. The predicted molar refractivity (Wildman–Crippen MR) is 232 cm³/mol. The molecule has 0 saturated heterocycles. The summed E-state index contributed by atoms with van der Waals surface area (Å²) in [5, 5.41) is 8.66. The first-order valence-corrected chi connectivity index (χ1v) is 21.7. The van der Waals surface area contributed by atoms with Crippen LogP contribution in [0.4, 0.5) is 0 Å². The van der Waals surface area contributed by atoms with Crippen molar-refractivity contribution in [1.29, 1.82) is 0 Å². The quantitative estimate of drug-likeness (QED) is 0.126. The molecule has 11 rings (SSSR count). The van der Waals surface area contributed by atoms with Gasteiger partial charge in [-0.3, -0.25) is 4.57 Å². The lowest BCUT2D eigenvalue weighted by Gasteiger charge is -2.35. The number of rotatable bonds is 6. The molecule has 3 heterocycles. The molecule has 1 aliphatic rings. The molecule has 0 radical (unpaired) electrons. The van der Waals surface area contributed by atoms with Crippen LogP contribution in [0.25, 0.3) is 60.9 Å². The molecule has 0 aliphatic carbocycles. The lowest BCUT2D eigenvalue weighted by atomic mass is 10.0. The van der Waals surface area contributed by atoms with Crippen molar-refractivity contribution in [3.05, 3.63) is 200 Å². The molecule has 55 heavy (non-hydrogen) atoms. The van der Waals surface area contributed by atoms with E-state index < -0.39 is 8.07 Å². The molecule has 8 aromatic carbocycles. The van der Waals surface area contributed by atoms with E-state index >= 15 is 0 Å². The van der Waals surface area contributed by atoms with E-state index in [-0.39, 0.29) is 0 Å². The first kappa shape index (κ1) is 32.1. The molecular weight excluding hydrogens is 705 g/mol. The highest BCUT2D eigenvalue weighted by atomic mass is 32.2. The normalized spacial score (nSPS) is 12.6. The van der Waals surface area contributed by atoms with E-state index in [1.165, 1.54) is 37.6 Å². The lowest BCUT2D eigenvalue weighted by Crippen LogP contribution is -2.74. The molecule has 3 nitrogen and oxygen atoms in total. The molecular formula is C50H34N2OSSi. The monoisotopic (exact) mass is 738 g/mol. The van der Waals surface area contributed by atoms with Crippen molar-refractivity contribution < 1.29 is 4.42 Å². The van der Waals surface area contributed by atoms with Gasteiger partial charge in [-0.1, -0.05) is 182 Å².